The number of hydrogen-bond donors (Lipinski definition) is 1. The molecule has 0 spiro atoms. The zero-order valence-corrected chi connectivity index (χ0v) is 8.46. The van der Waals surface area contributed by atoms with Crippen LogP contribution in [0.25, 0.3) is 0 Å². The average Bonchev–Trinajstić information content (AvgIpc) is 2.62. The second kappa shape index (κ2) is 3.13. The summed E-state index contributed by atoms with van der Waals surface area (Å²) in [4.78, 5) is 0. The third kappa shape index (κ3) is 1.21. The average molecular weight is 191 g/mol. The number of fused-ring (bicyclic) bond motifs is 1. The predicted octanol–water partition coefficient (Wildman–Crippen LogP) is 2.12. The lowest BCUT2D eigenvalue weighted by Gasteiger charge is -2.34. The predicted molar refractivity (Wildman–Crippen MR) is 55.6 cm³/mol. The number of nitrogens with two attached hydrogens (primary N) is 1. The molecule has 0 radical (unpaired) electrons. The Kier molecular flexibility index (Phi) is 1.91. The summed E-state index contributed by atoms with van der Waals surface area (Å²) in [5.41, 5.74) is 9.19. The lowest BCUT2D eigenvalue weighted by molar-refractivity contribution is 0.215. The molecule has 1 heterocycles. The maximum atomic E-state index is 6.15. The molecule has 3 rings (SSSR count). The summed E-state index contributed by atoms with van der Waals surface area (Å²) < 4.78 is 5.63. The number of rotatable bonds is 0. The van der Waals surface area contributed by atoms with E-state index in [0.717, 1.165) is 19.4 Å². The van der Waals surface area contributed by atoms with E-state index in [0.29, 0.717) is 12.0 Å². The van der Waals surface area contributed by atoms with Crippen molar-refractivity contribution < 1.29 is 4.74 Å². The van der Waals surface area contributed by atoms with E-state index >= 15 is 0 Å². The fourth-order valence-corrected chi connectivity index (χ4v) is 2.95. The van der Waals surface area contributed by atoms with Crippen molar-refractivity contribution in [2.45, 2.75) is 38.1 Å². The smallest absolute Gasteiger partial charge is 0.0999 e. The van der Waals surface area contributed by atoms with E-state index in [-0.39, 0.29) is 0 Å². The van der Waals surface area contributed by atoms with Crippen LogP contribution in [0.15, 0.2) is 23.0 Å². The lowest BCUT2D eigenvalue weighted by Crippen LogP contribution is -2.35. The molecule has 2 aliphatic carbocycles. The van der Waals surface area contributed by atoms with Gasteiger partial charge in [-0.25, -0.2) is 0 Å². The van der Waals surface area contributed by atoms with E-state index in [1.807, 2.05) is 0 Å². The minimum Gasteiger partial charge on any atom is -0.497 e. The summed E-state index contributed by atoms with van der Waals surface area (Å²) in [6.07, 6.45) is 8.27. The van der Waals surface area contributed by atoms with Gasteiger partial charge in [0.05, 0.1) is 12.4 Å². The summed E-state index contributed by atoms with van der Waals surface area (Å²) in [7, 11) is 0. The molecule has 0 aromatic carbocycles. The Balaban J connectivity index is 1.92. The minimum atomic E-state index is 0.369. The van der Waals surface area contributed by atoms with Crippen molar-refractivity contribution in [2.24, 2.45) is 11.7 Å². The number of hydrogen-bond acceptors (Lipinski definition) is 2. The van der Waals surface area contributed by atoms with Gasteiger partial charge < -0.3 is 10.5 Å². The molecule has 14 heavy (non-hydrogen) atoms. The number of allylic oxidation sites excluding steroid dienone is 2. The molecule has 2 nitrogen and oxygen atoms in total. The molecule has 2 unspecified atom stereocenters. The third-order valence-corrected chi connectivity index (χ3v) is 3.77. The summed E-state index contributed by atoms with van der Waals surface area (Å²) in [6, 6.07) is 0.369. The highest BCUT2D eigenvalue weighted by molar-refractivity contribution is 5.36. The molecule has 2 atom stereocenters. The highest BCUT2D eigenvalue weighted by Crippen LogP contribution is 2.41. The first-order valence-corrected chi connectivity index (χ1v) is 5.65. The van der Waals surface area contributed by atoms with Crippen LogP contribution in [-0.4, -0.2) is 12.6 Å². The van der Waals surface area contributed by atoms with Crippen molar-refractivity contribution in [3.8, 4) is 0 Å². The summed E-state index contributed by atoms with van der Waals surface area (Å²) in [6.45, 7) is 0.885. The summed E-state index contributed by atoms with van der Waals surface area (Å²) in [5, 5.41) is 0. The van der Waals surface area contributed by atoms with Crippen molar-refractivity contribution >= 4 is 0 Å². The van der Waals surface area contributed by atoms with Crippen LogP contribution in [0.1, 0.15) is 32.1 Å². The normalized spacial score (nSPS) is 35.9. The SMILES string of the molecule is NC1CCCC2=CC3=C(CC21)OCC3. The van der Waals surface area contributed by atoms with E-state index in [1.165, 1.54) is 30.6 Å². The number of ether oxygens (including phenoxy) is 1. The molecule has 0 aromatic rings. The molecule has 0 aromatic heterocycles. The Bertz CT molecular complexity index is 316. The monoisotopic (exact) mass is 191 g/mol. The van der Waals surface area contributed by atoms with Gasteiger partial charge in [0.2, 0.25) is 0 Å². The molecule has 3 aliphatic rings. The fraction of sp³-hybridized carbons (Fsp3) is 0.667. The van der Waals surface area contributed by atoms with Crippen LogP contribution < -0.4 is 5.73 Å². The van der Waals surface area contributed by atoms with Crippen molar-refractivity contribution in [1.82, 2.24) is 0 Å². The topological polar surface area (TPSA) is 35.2 Å². The zero-order chi connectivity index (χ0) is 9.54. The van der Waals surface area contributed by atoms with Crippen molar-refractivity contribution in [3.63, 3.8) is 0 Å². The molecule has 76 valence electrons. The van der Waals surface area contributed by atoms with E-state index in [9.17, 15) is 0 Å². The fourth-order valence-electron chi connectivity index (χ4n) is 2.95. The highest BCUT2D eigenvalue weighted by Gasteiger charge is 2.32. The van der Waals surface area contributed by atoms with Gasteiger partial charge >= 0.3 is 0 Å². The van der Waals surface area contributed by atoms with Crippen LogP contribution in [0.4, 0.5) is 0 Å². The second-order valence-corrected chi connectivity index (χ2v) is 4.63. The van der Waals surface area contributed by atoms with Gasteiger partial charge in [-0.3, -0.25) is 0 Å². The standard InChI is InChI=1S/C12H17NO/c13-11-3-1-2-8-6-9-4-5-14-12(9)7-10(8)11/h6,10-11H,1-5,7,13H2. The van der Waals surface area contributed by atoms with Crippen molar-refractivity contribution in [3.05, 3.63) is 23.0 Å². The van der Waals surface area contributed by atoms with E-state index in [4.69, 9.17) is 10.5 Å². The van der Waals surface area contributed by atoms with Crippen LogP contribution in [0.2, 0.25) is 0 Å². The maximum Gasteiger partial charge on any atom is 0.0999 e. The molecular formula is C12H17NO. The van der Waals surface area contributed by atoms with E-state index in [1.54, 1.807) is 5.57 Å². The lowest BCUT2D eigenvalue weighted by atomic mass is 9.75. The second-order valence-electron chi connectivity index (χ2n) is 4.63. The maximum absolute atomic E-state index is 6.15. The third-order valence-electron chi connectivity index (χ3n) is 3.77. The molecule has 0 amide bonds. The van der Waals surface area contributed by atoms with E-state index in [2.05, 4.69) is 6.08 Å². The molecular weight excluding hydrogens is 174 g/mol. The van der Waals surface area contributed by atoms with Gasteiger partial charge in [0, 0.05) is 24.8 Å². The van der Waals surface area contributed by atoms with Gasteiger partial charge in [0.25, 0.3) is 0 Å². The molecule has 1 fully saturated rings. The molecule has 1 aliphatic heterocycles. The van der Waals surface area contributed by atoms with Gasteiger partial charge in [0.15, 0.2) is 0 Å². The van der Waals surface area contributed by atoms with Gasteiger partial charge in [-0.15, -0.1) is 0 Å². The summed E-state index contributed by atoms with van der Waals surface area (Å²) in [5.74, 6) is 1.82. The Labute approximate surface area is 84.8 Å². The molecule has 0 saturated heterocycles. The Morgan fingerprint density at radius 1 is 1.36 bits per heavy atom. The first-order chi connectivity index (χ1) is 6.84. The molecule has 2 N–H and O–H groups in total. The van der Waals surface area contributed by atoms with Crippen LogP contribution in [0.3, 0.4) is 0 Å². The van der Waals surface area contributed by atoms with E-state index < -0.39 is 0 Å². The molecule has 2 heteroatoms. The van der Waals surface area contributed by atoms with Crippen LogP contribution in [0.5, 0.6) is 0 Å². The highest BCUT2D eigenvalue weighted by atomic mass is 16.5. The summed E-state index contributed by atoms with van der Waals surface area (Å²) >= 11 is 0. The Morgan fingerprint density at radius 2 is 2.29 bits per heavy atom. The Hall–Kier alpha value is -0.760. The minimum absolute atomic E-state index is 0.369. The van der Waals surface area contributed by atoms with Gasteiger partial charge in [-0.2, -0.15) is 0 Å². The van der Waals surface area contributed by atoms with Gasteiger partial charge in [-0.05, 0) is 24.8 Å². The quantitative estimate of drug-likeness (QED) is 0.636. The van der Waals surface area contributed by atoms with Crippen LogP contribution in [-0.2, 0) is 4.74 Å². The van der Waals surface area contributed by atoms with Crippen molar-refractivity contribution in [2.75, 3.05) is 6.61 Å². The Morgan fingerprint density at radius 3 is 3.21 bits per heavy atom. The largest absolute Gasteiger partial charge is 0.497 e. The first kappa shape index (κ1) is 8.54. The zero-order valence-electron chi connectivity index (χ0n) is 8.46. The van der Waals surface area contributed by atoms with Gasteiger partial charge in [0.1, 0.15) is 0 Å². The van der Waals surface area contributed by atoms with Crippen molar-refractivity contribution in [1.29, 1.82) is 0 Å². The van der Waals surface area contributed by atoms with Crippen LogP contribution >= 0.6 is 0 Å². The molecule has 1 saturated carbocycles. The first-order valence-electron chi connectivity index (χ1n) is 5.65. The van der Waals surface area contributed by atoms with Gasteiger partial charge in [-0.1, -0.05) is 11.6 Å². The van der Waals surface area contributed by atoms with Crippen LogP contribution in [0, 0.1) is 5.92 Å². The molecule has 0 bridgehead atoms.